The van der Waals surface area contributed by atoms with Crippen molar-refractivity contribution in [2.75, 3.05) is 0 Å². The van der Waals surface area contributed by atoms with E-state index in [1.165, 1.54) is 0 Å². The maximum atomic E-state index is 10.4. The molecule has 0 atom stereocenters. The maximum Gasteiger partial charge on any atom is 0.165 e. The van der Waals surface area contributed by atoms with Gasteiger partial charge in [-0.25, -0.2) is 0 Å². The normalized spacial score (nSPS) is 9.40. The van der Waals surface area contributed by atoms with Crippen LogP contribution in [0.2, 0.25) is 0 Å². The van der Waals surface area contributed by atoms with E-state index in [1.807, 2.05) is 31.2 Å². The van der Waals surface area contributed by atoms with E-state index in [1.54, 1.807) is 0 Å². The maximum absolute atomic E-state index is 10.4. The zero-order valence-corrected chi connectivity index (χ0v) is 8.92. The summed E-state index contributed by atoms with van der Waals surface area (Å²) >= 11 is 0. The third kappa shape index (κ3) is 3.09. The Hall–Kier alpha value is -1.83. The molecule has 1 rings (SSSR count). The molecule has 0 fully saturated rings. The summed E-state index contributed by atoms with van der Waals surface area (Å²) in [5, 5.41) is 2.94. The Morgan fingerprint density at radius 2 is 2.07 bits per heavy atom. The molecule has 0 unspecified atom stereocenters. The minimum absolute atomic E-state index is 0.395. The van der Waals surface area contributed by atoms with Gasteiger partial charge in [-0.15, -0.1) is 0 Å². The number of rotatable bonds is 5. The summed E-state index contributed by atoms with van der Waals surface area (Å²) < 4.78 is 0. The number of hydrogen-bond donors (Lipinski definition) is 1. The molecule has 0 aromatic heterocycles. The molecule has 0 heterocycles. The van der Waals surface area contributed by atoms with Crippen LogP contribution in [-0.2, 0) is 11.3 Å². The molecule has 0 spiro atoms. The molecule has 1 N–H and O–H groups in total. The Labute approximate surface area is 90.3 Å². The van der Waals surface area contributed by atoms with Crippen LogP contribution in [0.3, 0.4) is 0 Å². The fourth-order valence-electron chi connectivity index (χ4n) is 1.34. The second-order valence-electron chi connectivity index (χ2n) is 3.43. The Morgan fingerprint density at radius 3 is 2.67 bits per heavy atom. The van der Waals surface area contributed by atoms with Crippen molar-refractivity contribution in [3.05, 3.63) is 54.2 Å². The van der Waals surface area contributed by atoms with Crippen LogP contribution in [-0.4, -0.2) is 6.29 Å². The molecule has 1 aromatic carbocycles. The lowest BCUT2D eigenvalue weighted by molar-refractivity contribution is -0.105. The zero-order valence-electron chi connectivity index (χ0n) is 8.92. The van der Waals surface area contributed by atoms with Gasteiger partial charge >= 0.3 is 0 Å². The van der Waals surface area contributed by atoms with Gasteiger partial charge in [-0.3, -0.25) is 4.79 Å². The molecular formula is C13H15NO. The average molecular weight is 201 g/mol. The highest BCUT2D eigenvalue weighted by atomic mass is 16.1. The molecule has 1 aromatic rings. The highest BCUT2D eigenvalue weighted by Gasteiger charge is 2.01. The number of aldehydes is 1. The first-order valence-electron chi connectivity index (χ1n) is 4.77. The van der Waals surface area contributed by atoms with E-state index in [0.717, 1.165) is 16.7 Å². The Kier molecular flexibility index (Phi) is 3.86. The van der Waals surface area contributed by atoms with E-state index in [4.69, 9.17) is 0 Å². The zero-order chi connectivity index (χ0) is 11.3. The second kappa shape index (κ2) is 5.15. The predicted molar refractivity (Wildman–Crippen MR) is 63.2 cm³/mol. The summed E-state index contributed by atoms with van der Waals surface area (Å²) in [5.74, 6) is 0. The number of benzene rings is 1. The minimum atomic E-state index is 0.395. The lowest BCUT2D eigenvalue weighted by atomic mass is 10.0. The Balaban J connectivity index is 2.80. The van der Waals surface area contributed by atoms with Crippen LogP contribution < -0.4 is 5.32 Å². The van der Waals surface area contributed by atoms with Crippen LogP contribution in [0.5, 0.6) is 0 Å². The van der Waals surface area contributed by atoms with Crippen molar-refractivity contribution in [2.45, 2.75) is 13.5 Å². The minimum Gasteiger partial charge on any atom is -0.379 e. The van der Waals surface area contributed by atoms with Crippen molar-refractivity contribution in [1.82, 2.24) is 5.32 Å². The topological polar surface area (TPSA) is 29.1 Å². The van der Waals surface area contributed by atoms with Gasteiger partial charge in [0.05, 0.1) is 5.70 Å². The Bertz CT molecular complexity index is 393. The largest absolute Gasteiger partial charge is 0.379 e. The molecule has 0 saturated heterocycles. The van der Waals surface area contributed by atoms with Crippen molar-refractivity contribution in [1.29, 1.82) is 0 Å². The fraction of sp³-hybridized carbons (Fsp3) is 0.154. The number of nitrogens with one attached hydrogen (secondary N) is 1. The highest BCUT2D eigenvalue weighted by molar-refractivity contribution is 5.71. The number of hydrogen-bond acceptors (Lipinski definition) is 2. The predicted octanol–water partition coefficient (Wildman–Crippen LogP) is 2.52. The third-order valence-electron chi connectivity index (χ3n) is 2.13. The molecule has 0 aliphatic rings. The molecule has 0 aliphatic carbocycles. The van der Waals surface area contributed by atoms with E-state index in [0.29, 0.717) is 18.5 Å². The molecular weight excluding hydrogens is 186 g/mol. The summed E-state index contributed by atoms with van der Waals surface area (Å²) in [6.07, 6.45) is 0.712. The van der Waals surface area contributed by atoms with Crippen molar-refractivity contribution in [3.63, 3.8) is 0 Å². The van der Waals surface area contributed by atoms with Crippen LogP contribution in [0.4, 0.5) is 0 Å². The van der Waals surface area contributed by atoms with Crippen LogP contribution in [0.15, 0.2) is 43.1 Å². The first-order chi connectivity index (χ1) is 7.15. The van der Waals surface area contributed by atoms with Crippen LogP contribution >= 0.6 is 0 Å². The first-order valence-corrected chi connectivity index (χ1v) is 4.77. The molecule has 0 aliphatic heterocycles. The molecule has 0 amide bonds. The summed E-state index contributed by atoms with van der Waals surface area (Å²) in [6.45, 7) is 10.0. The summed E-state index contributed by atoms with van der Waals surface area (Å²) in [4.78, 5) is 10.4. The van der Waals surface area contributed by atoms with Gasteiger partial charge in [-0.2, -0.15) is 0 Å². The van der Waals surface area contributed by atoms with Crippen molar-refractivity contribution in [2.24, 2.45) is 0 Å². The van der Waals surface area contributed by atoms with Gasteiger partial charge in [0.25, 0.3) is 0 Å². The average Bonchev–Trinajstić information content (AvgIpc) is 2.26. The van der Waals surface area contributed by atoms with Crippen LogP contribution in [0.1, 0.15) is 18.1 Å². The van der Waals surface area contributed by atoms with Crippen molar-refractivity contribution >= 4 is 11.9 Å². The standard InChI is InChI=1S/C13H15NO/c1-10(2)13-7-5-4-6-12(13)8-14-11(3)9-15/h4-7,9,14H,1,3,8H2,2H3. The van der Waals surface area contributed by atoms with Gasteiger partial charge in [0.15, 0.2) is 6.29 Å². The molecule has 0 radical (unpaired) electrons. The lowest BCUT2D eigenvalue weighted by Gasteiger charge is -2.10. The molecule has 2 nitrogen and oxygen atoms in total. The lowest BCUT2D eigenvalue weighted by Crippen LogP contribution is -2.13. The molecule has 0 bridgehead atoms. The summed E-state index contributed by atoms with van der Waals surface area (Å²) in [7, 11) is 0. The highest BCUT2D eigenvalue weighted by Crippen LogP contribution is 2.16. The van der Waals surface area contributed by atoms with Gasteiger partial charge in [0.2, 0.25) is 0 Å². The van der Waals surface area contributed by atoms with Gasteiger partial charge < -0.3 is 5.32 Å². The summed E-state index contributed by atoms with van der Waals surface area (Å²) in [6, 6.07) is 7.97. The van der Waals surface area contributed by atoms with E-state index in [-0.39, 0.29) is 0 Å². The van der Waals surface area contributed by atoms with E-state index < -0.39 is 0 Å². The monoisotopic (exact) mass is 201 g/mol. The van der Waals surface area contributed by atoms with Gasteiger partial charge in [0, 0.05) is 6.54 Å². The molecule has 15 heavy (non-hydrogen) atoms. The molecule has 0 saturated carbocycles. The first kappa shape index (κ1) is 11.2. The number of allylic oxidation sites excluding steroid dienone is 2. The van der Waals surface area contributed by atoms with Crippen molar-refractivity contribution in [3.8, 4) is 0 Å². The smallest absolute Gasteiger partial charge is 0.165 e. The van der Waals surface area contributed by atoms with Gasteiger partial charge in [-0.1, -0.05) is 43.0 Å². The van der Waals surface area contributed by atoms with E-state index in [9.17, 15) is 4.79 Å². The summed E-state index contributed by atoms with van der Waals surface area (Å²) in [5.41, 5.74) is 3.65. The van der Waals surface area contributed by atoms with E-state index in [2.05, 4.69) is 18.5 Å². The van der Waals surface area contributed by atoms with Crippen LogP contribution in [0.25, 0.3) is 5.57 Å². The number of carbonyl (C=O) groups is 1. The SMILES string of the molecule is C=C(C=O)NCc1ccccc1C(=C)C. The van der Waals surface area contributed by atoms with E-state index >= 15 is 0 Å². The van der Waals surface area contributed by atoms with Crippen molar-refractivity contribution < 1.29 is 4.79 Å². The van der Waals surface area contributed by atoms with Gasteiger partial charge in [0.1, 0.15) is 0 Å². The number of carbonyl (C=O) groups excluding carboxylic acids is 1. The second-order valence-corrected chi connectivity index (χ2v) is 3.43. The van der Waals surface area contributed by atoms with Crippen LogP contribution in [0, 0.1) is 0 Å². The Morgan fingerprint density at radius 1 is 1.40 bits per heavy atom. The fourth-order valence-corrected chi connectivity index (χ4v) is 1.34. The molecule has 78 valence electrons. The quantitative estimate of drug-likeness (QED) is 0.586. The molecule has 2 heteroatoms. The van der Waals surface area contributed by atoms with Gasteiger partial charge in [-0.05, 0) is 18.1 Å². The third-order valence-corrected chi connectivity index (χ3v) is 2.13.